The van der Waals surface area contributed by atoms with Crippen molar-refractivity contribution in [1.82, 2.24) is 4.98 Å². The fourth-order valence-corrected chi connectivity index (χ4v) is 1.40. The van der Waals surface area contributed by atoms with Crippen molar-refractivity contribution in [2.45, 2.75) is 30.7 Å². The van der Waals surface area contributed by atoms with E-state index in [-0.39, 0.29) is 0 Å². The first-order valence-electron chi connectivity index (χ1n) is 5.20. The zero-order chi connectivity index (χ0) is 16.0. The van der Waals surface area contributed by atoms with E-state index in [1.165, 1.54) is 0 Å². The summed E-state index contributed by atoms with van der Waals surface area (Å²) in [6.07, 6.45) is -0.850. The Bertz CT molecular complexity index is 468. The van der Waals surface area contributed by atoms with Gasteiger partial charge in [0, 0.05) is 12.4 Å². The minimum atomic E-state index is -6.34. The molecule has 1 aromatic heterocycles. The maximum Gasteiger partial charge on any atom is 0.434 e. The summed E-state index contributed by atoms with van der Waals surface area (Å²) in [5, 5.41) is -5.82. The summed E-state index contributed by atoms with van der Waals surface area (Å²) in [6, 6.07) is 5.72. The van der Waals surface area contributed by atoms with Gasteiger partial charge in [0.05, 0.1) is 0 Å². The van der Waals surface area contributed by atoms with Gasteiger partial charge < -0.3 is 0 Å². The molecule has 20 heavy (non-hydrogen) atoms. The highest BCUT2D eigenvalue weighted by molar-refractivity contribution is 7.87. The molecule has 0 aromatic carbocycles. The molecule has 1 rings (SSSR count). The number of hydrogen-bond donors (Lipinski definition) is 1. The first-order chi connectivity index (χ1) is 8.98. The van der Waals surface area contributed by atoms with Crippen molar-refractivity contribution < 1.29 is 34.9 Å². The van der Waals surface area contributed by atoms with E-state index in [0.717, 1.165) is 6.92 Å². The first kappa shape index (κ1) is 18.7. The summed E-state index contributed by atoms with van der Waals surface area (Å²) >= 11 is 0. The van der Waals surface area contributed by atoms with Crippen molar-refractivity contribution in [3.8, 4) is 0 Å². The molecule has 4 nitrogen and oxygen atoms in total. The van der Waals surface area contributed by atoms with Gasteiger partial charge in [-0.1, -0.05) is 13.0 Å². The predicted molar refractivity (Wildman–Crippen MR) is 60.9 cm³/mol. The van der Waals surface area contributed by atoms with E-state index in [4.69, 9.17) is 4.55 Å². The van der Waals surface area contributed by atoms with Crippen LogP contribution in [-0.2, 0) is 10.1 Å². The van der Waals surface area contributed by atoms with Crippen molar-refractivity contribution in [2.75, 3.05) is 0 Å². The van der Waals surface area contributed by atoms with E-state index in [0.29, 0.717) is 0 Å². The Morgan fingerprint density at radius 2 is 1.60 bits per heavy atom. The van der Waals surface area contributed by atoms with Gasteiger partial charge in [0.1, 0.15) is 0 Å². The number of alkyl halides is 5. The Kier molecular flexibility index (Phi) is 6.48. The molecule has 0 amide bonds. The molecule has 1 unspecified atom stereocenters. The molecular formula is C10H12F5NO3S. The van der Waals surface area contributed by atoms with Gasteiger partial charge in [0.25, 0.3) is 0 Å². The van der Waals surface area contributed by atoms with Crippen LogP contribution in [-0.4, -0.2) is 35.3 Å². The highest BCUT2D eigenvalue weighted by Crippen LogP contribution is 2.42. The standard InChI is InChI=1S/C5H7F5O3S.C5H5N/c1-2-3(6)4(7,8)5(9,10)14(11,12)13;1-2-4-6-5-3-1/h3H,2H2,1H3,(H,11,12,13);1-5H. The molecule has 0 saturated heterocycles. The van der Waals surface area contributed by atoms with Crippen LogP contribution in [0.15, 0.2) is 30.6 Å². The highest BCUT2D eigenvalue weighted by atomic mass is 32.2. The van der Waals surface area contributed by atoms with Crippen LogP contribution < -0.4 is 0 Å². The molecule has 0 spiro atoms. The quantitative estimate of drug-likeness (QED) is 0.684. The van der Waals surface area contributed by atoms with Crippen LogP contribution >= 0.6 is 0 Å². The lowest BCUT2D eigenvalue weighted by Crippen LogP contribution is -2.52. The van der Waals surface area contributed by atoms with Gasteiger partial charge in [-0.2, -0.15) is 26.0 Å². The van der Waals surface area contributed by atoms with E-state index in [9.17, 15) is 30.4 Å². The Hall–Kier alpha value is -1.29. The smallest absolute Gasteiger partial charge is 0.281 e. The molecule has 0 fully saturated rings. The van der Waals surface area contributed by atoms with Crippen LogP contribution in [0.1, 0.15) is 13.3 Å². The van der Waals surface area contributed by atoms with Crippen LogP contribution in [0.3, 0.4) is 0 Å². The SMILES string of the molecule is CCC(F)C(F)(F)C(F)(F)S(=O)(=O)O.c1ccncc1. The van der Waals surface area contributed by atoms with Gasteiger partial charge in [-0.05, 0) is 18.6 Å². The molecule has 116 valence electrons. The lowest BCUT2D eigenvalue weighted by Gasteiger charge is -2.25. The first-order valence-corrected chi connectivity index (χ1v) is 6.64. The predicted octanol–water partition coefficient (Wildman–Crippen LogP) is 2.93. The molecule has 1 heterocycles. The summed E-state index contributed by atoms with van der Waals surface area (Å²) < 4.78 is 89.4. The van der Waals surface area contributed by atoms with Gasteiger partial charge in [0.2, 0.25) is 0 Å². The summed E-state index contributed by atoms with van der Waals surface area (Å²) in [7, 11) is -6.34. The summed E-state index contributed by atoms with van der Waals surface area (Å²) in [5.41, 5.74) is 0. The third kappa shape index (κ3) is 4.37. The number of halogens is 5. The molecule has 0 bridgehead atoms. The molecular weight excluding hydrogens is 309 g/mol. The third-order valence-electron chi connectivity index (χ3n) is 2.03. The van der Waals surface area contributed by atoms with Crippen molar-refractivity contribution in [3.63, 3.8) is 0 Å². The molecule has 0 aliphatic heterocycles. The second kappa shape index (κ2) is 6.93. The van der Waals surface area contributed by atoms with E-state index in [1.54, 1.807) is 12.4 Å². The topological polar surface area (TPSA) is 67.3 Å². The largest absolute Gasteiger partial charge is 0.434 e. The maximum atomic E-state index is 12.4. The van der Waals surface area contributed by atoms with Crippen LogP contribution in [0.25, 0.3) is 0 Å². The monoisotopic (exact) mass is 321 g/mol. The normalized spacial score (nSPS) is 14.2. The average Bonchev–Trinajstić information content (AvgIpc) is 2.39. The van der Waals surface area contributed by atoms with Crippen LogP contribution in [0.4, 0.5) is 22.0 Å². The molecule has 1 atom stereocenters. The second-order valence-corrected chi connectivity index (χ2v) is 4.98. The maximum absolute atomic E-state index is 12.4. The summed E-state index contributed by atoms with van der Waals surface area (Å²) in [6.45, 7) is 0.832. The summed E-state index contributed by atoms with van der Waals surface area (Å²) in [5.74, 6) is -5.45. The van der Waals surface area contributed by atoms with Gasteiger partial charge in [-0.15, -0.1) is 0 Å². The van der Waals surface area contributed by atoms with E-state index >= 15 is 0 Å². The molecule has 1 aromatic rings. The lowest BCUT2D eigenvalue weighted by atomic mass is 10.2. The van der Waals surface area contributed by atoms with Crippen molar-refractivity contribution in [1.29, 1.82) is 0 Å². The van der Waals surface area contributed by atoms with Crippen molar-refractivity contribution in [3.05, 3.63) is 30.6 Å². The Balaban J connectivity index is 0.000000493. The van der Waals surface area contributed by atoms with E-state index in [2.05, 4.69) is 4.98 Å². The lowest BCUT2D eigenvalue weighted by molar-refractivity contribution is -0.197. The van der Waals surface area contributed by atoms with Gasteiger partial charge in [-0.25, -0.2) is 4.39 Å². The molecule has 0 aliphatic rings. The fraction of sp³-hybridized carbons (Fsp3) is 0.500. The van der Waals surface area contributed by atoms with Gasteiger partial charge >= 0.3 is 21.3 Å². The van der Waals surface area contributed by atoms with E-state index < -0.39 is 33.9 Å². The van der Waals surface area contributed by atoms with Crippen molar-refractivity contribution in [2.24, 2.45) is 0 Å². The average molecular weight is 321 g/mol. The molecule has 10 heteroatoms. The number of hydrogen-bond acceptors (Lipinski definition) is 3. The minimum Gasteiger partial charge on any atom is -0.281 e. The number of rotatable bonds is 4. The van der Waals surface area contributed by atoms with Gasteiger partial charge in [-0.3, -0.25) is 9.54 Å². The van der Waals surface area contributed by atoms with Crippen LogP contribution in [0.2, 0.25) is 0 Å². The Morgan fingerprint density at radius 3 is 1.80 bits per heavy atom. The third-order valence-corrected chi connectivity index (χ3v) is 2.95. The molecule has 0 saturated carbocycles. The van der Waals surface area contributed by atoms with Crippen LogP contribution in [0.5, 0.6) is 0 Å². The molecule has 0 radical (unpaired) electrons. The second-order valence-electron chi connectivity index (χ2n) is 3.52. The van der Waals surface area contributed by atoms with Gasteiger partial charge in [0.15, 0.2) is 6.17 Å². The Morgan fingerprint density at radius 1 is 1.15 bits per heavy atom. The Labute approximate surface area is 112 Å². The zero-order valence-electron chi connectivity index (χ0n) is 10.2. The fourth-order valence-electron chi connectivity index (χ4n) is 0.923. The van der Waals surface area contributed by atoms with Crippen molar-refractivity contribution >= 4 is 10.1 Å². The van der Waals surface area contributed by atoms with E-state index in [1.807, 2.05) is 18.2 Å². The zero-order valence-corrected chi connectivity index (χ0v) is 11.0. The number of nitrogens with zero attached hydrogens (tertiary/aromatic N) is 1. The molecule has 0 aliphatic carbocycles. The summed E-state index contributed by atoms with van der Waals surface area (Å²) in [4.78, 5) is 3.78. The van der Waals surface area contributed by atoms with Crippen LogP contribution in [0, 0.1) is 0 Å². The molecule has 1 N–H and O–H groups in total. The highest BCUT2D eigenvalue weighted by Gasteiger charge is 2.69. The number of pyridine rings is 1. The minimum absolute atomic E-state index is 0.832. The number of aromatic nitrogens is 1.